The van der Waals surface area contributed by atoms with E-state index in [1.54, 1.807) is 13.8 Å². The number of hydrogen-bond acceptors (Lipinski definition) is 3. The number of amides is 1. The first-order valence-electron chi connectivity index (χ1n) is 5.18. The molecule has 1 aromatic rings. The van der Waals surface area contributed by atoms with Gasteiger partial charge in [-0.15, -0.1) is 0 Å². The Morgan fingerprint density at radius 3 is 2.59 bits per heavy atom. The Labute approximate surface area is 97.2 Å². The van der Waals surface area contributed by atoms with E-state index >= 15 is 0 Å². The van der Waals surface area contributed by atoms with Crippen LogP contribution in [0.4, 0.5) is 0 Å². The van der Waals surface area contributed by atoms with Crippen LogP contribution >= 0.6 is 0 Å². The zero-order chi connectivity index (χ0) is 13.1. The Morgan fingerprint density at radius 2 is 2.18 bits per heavy atom. The number of carboxylic acids is 1. The fourth-order valence-corrected chi connectivity index (χ4v) is 1.18. The van der Waals surface area contributed by atoms with Crippen molar-refractivity contribution < 1.29 is 14.7 Å². The molecule has 0 bridgehead atoms. The van der Waals surface area contributed by atoms with Gasteiger partial charge in [-0.05, 0) is 13.3 Å². The Hall–Kier alpha value is -2.05. The SMILES string of the molecule is CCC(C)(CNC(=O)c1c[nH]c(=O)[nH]1)C(=O)O. The van der Waals surface area contributed by atoms with E-state index in [0.717, 1.165) is 0 Å². The van der Waals surface area contributed by atoms with Gasteiger partial charge < -0.3 is 20.4 Å². The second kappa shape index (κ2) is 4.86. The maximum Gasteiger partial charge on any atom is 0.323 e. The van der Waals surface area contributed by atoms with E-state index in [1.807, 2.05) is 0 Å². The number of aliphatic carboxylic acids is 1. The number of carbonyl (C=O) groups is 2. The van der Waals surface area contributed by atoms with E-state index in [1.165, 1.54) is 6.20 Å². The highest BCUT2D eigenvalue weighted by atomic mass is 16.4. The molecule has 4 N–H and O–H groups in total. The molecule has 0 aliphatic rings. The molecule has 1 aromatic heterocycles. The normalized spacial score (nSPS) is 14.0. The molecule has 0 aliphatic carbocycles. The molecule has 0 aromatic carbocycles. The molecule has 0 radical (unpaired) electrons. The zero-order valence-electron chi connectivity index (χ0n) is 9.66. The van der Waals surface area contributed by atoms with Gasteiger partial charge in [0.05, 0.1) is 5.41 Å². The molecule has 0 saturated carbocycles. The minimum Gasteiger partial charge on any atom is -0.481 e. The number of nitrogens with one attached hydrogen (secondary N) is 3. The van der Waals surface area contributed by atoms with Gasteiger partial charge >= 0.3 is 11.7 Å². The van der Waals surface area contributed by atoms with Crippen LogP contribution in [0.15, 0.2) is 11.0 Å². The predicted molar refractivity (Wildman–Crippen MR) is 59.8 cm³/mol. The van der Waals surface area contributed by atoms with Crippen LogP contribution < -0.4 is 11.0 Å². The van der Waals surface area contributed by atoms with Crippen LogP contribution in [-0.2, 0) is 4.79 Å². The van der Waals surface area contributed by atoms with Gasteiger partial charge in [0.25, 0.3) is 5.91 Å². The molecule has 1 atom stereocenters. The van der Waals surface area contributed by atoms with Crippen LogP contribution in [-0.4, -0.2) is 33.5 Å². The first kappa shape index (κ1) is 13.0. The molecule has 1 unspecified atom stereocenters. The van der Waals surface area contributed by atoms with Crippen molar-refractivity contribution in [3.05, 3.63) is 22.4 Å². The van der Waals surface area contributed by atoms with E-state index in [2.05, 4.69) is 15.3 Å². The molecule has 0 aliphatic heterocycles. The Bertz CT molecular complexity index is 476. The minimum atomic E-state index is -1.01. The van der Waals surface area contributed by atoms with Crippen molar-refractivity contribution >= 4 is 11.9 Å². The van der Waals surface area contributed by atoms with Crippen molar-refractivity contribution in [2.75, 3.05) is 6.54 Å². The van der Waals surface area contributed by atoms with Gasteiger partial charge in [-0.25, -0.2) is 4.79 Å². The average Bonchev–Trinajstić information content (AvgIpc) is 2.72. The molecule has 1 heterocycles. The molecule has 94 valence electrons. The van der Waals surface area contributed by atoms with Crippen molar-refractivity contribution in [1.29, 1.82) is 0 Å². The van der Waals surface area contributed by atoms with Gasteiger partial charge in [0.15, 0.2) is 0 Å². The van der Waals surface area contributed by atoms with Gasteiger partial charge in [-0.2, -0.15) is 0 Å². The standard InChI is InChI=1S/C10H15N3O4/c1-3-10(2,8(15)16)5-12-7(14)6-4-11-9(17)13-6/h4H,3,5H2,1-2H3,(H,12,14)(H,15,16)(H2,11,13,17). The van der Waals surface area contributed by atoms with E-state index in [9.17, 15) is 14.4 Å². The van der Waals surface area contributed by atoms with Crippen LogP contribution in [0, 0.1) is 5.41 Å². The third-order valence-electron chi connectivity index (χ3n) is 2.78. The first-order chi connectivity index (χ1) is 7.89. The van der Waals surface area contributed by atoms with Gasteiger partial charge in [0.1, 0.15) is 5.69 Å². The lowest BCUT2D eigenvalue weighted by atomic mass is 9.88. The van der Waals surface area contributed by atoms with E-state index < -0.39 is 23.0 Å². The van der Waals surface area contributed by atoms with Gasteiger partial charge in [0.2, 0.25) is 0 Å². The van der Waals surface area contributed by atoms with Crippen LogP contribution in [0.1, 0.15) is 30.8 Å². The van der Waals surface area contributed by atoms with Crippen molar-refractivity contribution in [2.24, 2.45) is 5.41 Å². The molecule has 0 saturated heterocycles. The van der Waals surface area contributed by atoms with E-state index in [-0.39, 0.29) is 12.2 Å². The summed E-state index contributed by atoms with van der Waals surface area (Å²) in [4.78, 5) is 37.9. The summed E-state index contributed by atoms with van der Waals surface area (Å²) in [5, 5.41) is 11.5. The second-order valence-corrected chi connectivity index (χ2v) is 4.06. The summed E-state index contributed by atoms with van der Waals surface area (Å²) in [5.74, 6) is -1.48. The molecule has 1 rings (SSSR count). The molecule has 17 heavy (non-hydrogen) atoms. The lowest BCUT2D eigenvalue weighted by Gasteiger charge is -2.22. The lowest BCUT2D eigenvalue weighted by Crippen LogP contribution is -2.40. The number of imidazole rings is 1. The molecule has 7 heteroatoms. The van der Waals surface area contributed by atoms with Crippen molar-refractivity contribution in [2.45, 2.75) is 20.3 Å². The third kappa shape index (κ3) is 2.96. The fraction of sp³-hybridized carbons (Fsp3) is 0.500. The number of rotatable bonds is 5. The van der Waals surface area contributed by atoms with Crippen molar-refractivity contribution in [3.8, 4) is 0 Å². The number of hydrogen-bond donors (Lipinski definition) is 4. The van der Waals surface area contributed by atoms with Crippen molar-refractivity contribution in [1.82, 2.24) is 15.3 Å². The largest absolute Gasteiger partial charge is 0.481 e. The third-order valence-corrected chi connectivity index (χ3v) is 2.78. The van der Waals surface area contributed by atoms with Gasteiger partial charge in [0, 0.05) is 12.7 Å². The molecular formula is C10H15N3O4. The first-order valence-corrected chi connectivity index (χ1v) is 5.18. The molecular weight excluding hydrogens is 226 g/mol. The summed E-state index contributed by atoms with van der Waals surface area (Å²) >= 11 is 0. The fourth-order valence-electron chi connectivity index (χ4n) is 1.18. The summed E-state index contributed by atoms with van der Waals surface area (Å²) in [6, 6.07) is 0. The van der Waals surface area contributed by atoms with Gasteiger partial charge in [-0.3, -0.25) is 9.59 Å². The lowest BCUT2D eigenvalue weighted by molar-refractivity contribution is -0.147. The number of aromatic nitrogens is 2. The summed E-state index contributed by atoms with van der Waals surface area (Å²) in [6.07, 6.45) is 1.63. The predicted octanol–water partition coefficient (Wildman–Crippen LogP) is -0.0663. The van der Waals surface area contributed by atoms with Crippen LogP contribution in [0.25, 0.3) is 0 Å². The summed E-state index contributed by atoms with van der Waals surface area (Å²) < 4.78 is 0. The Balaban J connectivity index is 2.65. The second-order valence-electron chi connectivity index (χ2n) is 4.06. The summed E-state index contributed by atoms with van der Waals surface area (Å²) in [5.41, 5.74) is -1.41. The zero-order valence-corrected chi connectivity index (χ0v) is 9.66. The van der Waals surface area contributed by atoms with Crippen LogP contribution in [0.5, 0.6) is 0 Å². The Kier molecular flexibility index (Phi) is 3.72. The molecule has 0 fully saturated rings. The molecule has 1 amide bonds. The summed E-state index contributed by atoms with van der Waals surface area (Å²) in [6.45, 7) is 3.29. The topological polar surface area (TPSA) is 115 Å². The maximum absolute atomic E-state index is 11.5. The van der Waals surface area contributed by atoms with E-state index in [4.69, 9.17) is 5.11 Å². The van der Waals surface area contributed by atoms with Crippen LogP contribution in [0.2, 0.25) is 0 Å². The Morgan fingerprint density at radius 1 is 1.53 bits per heavy atom. The van der Waals surface area contributed by atoms with Crippen molar-refractivity contribution in [3.63, 3.8) is 0 Å². The number of carbonyl (C=O) groups excluding carboxylic acids is 1. The summed E-state index contributed by atoms with van der Waals surface area (Å²) in [7, 11) is 0. The number of H-pyrrole nitrogens is 2. The number of carboxylic acid groups (broad SMARTS) is 1. The van der Waals surface area contributed by atoms with Crippen LogP contribution in [0.3, 0.4) is 0 Å². The quantitative estimate of drug-likeness (QED) is 0.577. The minimum absolute atomic E-state index is 0.00484. The average molecular weight is 241 g/mol. The number of aromatic amines is 2. The molecule has 0 spiro atoms. The monoisotopic (exact) mass is 241 g/mol. The highest BCUT2D eigenvalue weighted by molar-refractivity contribution is 5.92. The highest BCUT2D eigenvalue weighted by Gasteiger charge is 2.31. The van der Waals surface area contributed by atoms with E-state index in [0.29, 0.717) is 6.42 Å². The van der Waals surface area contributed by atoms with Gasteiger partial charge in [-0.1, -0.05) is 6.92 Å². The maximum atomic E-state index is 11.5. The molecule has 7 nitrogen and oxygen atoms in total. The smallest absolute Gasteiger partial charge is 0.323 e. The highest BCUT2D eigenvalue weighted by Crippen LogP contribution is 2.19.